The average molecular weight is 215 g/mol. The number of aryl methyl sites for hydroxylation is 3. The van der Waals surface area contributed by atoms with Gasteiger partial charge in [-0.2, -0.15) is 0 Å². The van der Waals surface area contributed by atoms with Crippen LogP contribution in [0.4, 0.5) is 0 Å². The van der Waals surface area contributed by atoms with Gasteiger partial charge in [-0.3, -0.25) is 0 Å². The molecule has 1 heterocycles. The summed E-state index contributed by atoms with van der Waals surface area (Å²) in [6, 6.07) is 8.18. The third-order valence-corrected chi connectivity index (χ3v) is 3.12. The van der Waals surface area contributed by atoms with E-state index in [2.05, 4.69) is 32.0 Å². The molecule has 2 N–H and O–H groups in total. The third kappa shape index (κ3) is 1.89. The Morgan fingerprint density at radius 2 is 1.81 bits per heavy atom. The van der Waals surface area contributed by atoms with Crippen molar-refractivity contribution in [2.24, 2.45) is 5.73 Å². The molecule has 0 saturated carbocycles. The van der Waals surface area contributed by atoms with Gasteiger partial charge in [-0.1, -0.05) is 18.2 Å². The Hall–Kier alpha value is -1.54. The van der Waals surface area contributed by atoms with E-state index in [0.29, 0.717) is 0 Å². The van der Waals surface area contributed by atoms with Crippen LogP contribution < -0.4 is 5.73 Å². The quantitative estimate of drug-likeness (QED) is 0.835. The minimum Gasteiger partial charge on any atom is -0.469 e. The summed E-state index contributed by atoms with van der Waals surface area (Å²) < 4.78 is 5.28. The molecule has 0 saturated heterocycles. The van der Waals surface area contributed by atoms with Gasteiger partial charge in [-0.05, 0) is 43.5 Å². The van der Waals surface area contributed by atoms with Crippen LogP contribution in [0.2, 0.25) is 0 Å². The Bertz CT molecular complexity index is 499. The molecule has 0 spiro atoms. The molecule has 0 bridgehead atoms. The van der Waals surface area contributed by atoms with Crippen molar-refractivity contribution in [2.45, 2.75) is 26.8 Å². The first-order chi connectivity index (χ1) is 7.59. The predicted octanol–water partition coefficient (Wildman–Crippen LogP) is 3.25. The zero-order valence-electron chi connectivity index (χ0n) is 9.95. The lowest BCUT2D eigenvalue weighted by atomic mass is 9.97. The van der Waals surface area contributed by atoms with Gasteiger partial charge in [0.2, 0.25) is 0 Å². The van der Waals surface area contributed by atoms with Crippen molar-refractivity contribution in [2.75, 3.05) is 0 Å². The molecule has 2 nitrogen and oxygen atoms in total. The number of benzene rings is 1. The Morgan fingerprint density at radius 3 is 2.38 bits per heavy atom. The van der Waals surface area contributed by atoms with Crippen molar-refractivity contribution in [3.05, 3.63) is 58.5 Å². The van der Waals surface area contributed by atoms with Crippen LogP contribution in [0.15, 0.2) is 34.9 Å². The fourth-order valence-electron chi connectivity index (χ4n) is 1.86. The summed E-state index contributed by atoms with van der Waals surface area (Å²) in [6.45, 7) is 6.15. The second-order valence-corrected chi connectivity index (χ2v) is 4.25. The maximum Gasteiger partial charge on any atom is 0.105 e. The van der Waals surface area contributed by atoms with Gasteiger partial charge in [-0.25, -0.2) is 0 Å². The number of rotatable bonds is 2. The lowest BCUT2D eigenvalue weighted by molar-refractivity contribution is 0.527. The molecule has 1 aromatic heterocycles. The van der Waals surface area contributed by atoms with Crippen molar-refractivity contribution in [3.8, 4) is 0 Å². The molecular formula is C14H17NO. The first-order valence-corrected chi connectivity index (χ1v) is 5.46. The van der Waals surface area contributed by atoms with Crippen molar-refractivity contribution >= 4 is 0 Å². The van der Waals surface area contributed by atoms with E-state index in [9.17, 15) is 0 Å². The third-order valence-electron chi connectivity index (χ3n) is 3.12. The van der Waals surface area contributed by atoms with Crippen LogP contribution in [0.1, 0.15) is 34.1 Å². The van der Waals surface area contributed by atoms with E-state index in [-0.39, 0.29) is 6.04 Å². The fraction of sp³-hybridized carbons (Fsp3) is 0.286. The number of hydrogen-bond acceptors (Lipinski definition) is 2. The summed E-state index contributed by atoms with van der Waals surface area (Å²) >= 11 is 0. The monoisotopic (exact) mass is 215 g/mol. The van der Waals surface area contributed by atoms with E-state index in [4.69, 9.17) is 10.2 Å². The van der Waals surface area contributed by atoms with E-state index in [0.717, 1.165) is 16.9 Å². The van der Waals surface area contributed by atoms with Crippen LogP contribution in [-0.4, -0.2) is 0 Å². The molecule has 2 aromatic rings. The van der Waals surface area contributed by atoms with Crippen molar-refractivity contribution < 1.29 is 4.42 Å². The van der Waals surface area contributed by atoms with Crippen LogP contribution in [-0.2, 0) is 0 Å². The Morgan fingerprint density at radius 1 is 1.06 bits per heavy atom. The molecule has 0 aliphatic carbocycles. The zero-order valence-corrected chi connectivity index (χ0v) is 9.95. The maximum atomic E-state index is 6.22. The van der Waals surface area contributed by atoms with E-state index in [1.807, 2.05) is 13.0 Å². The lowest BCUT2D eigenvalue weighted by Crippen LogP contribution is -2.12. The first kappa shape index (κ1) is 11.0. The second-order valence-electron chi connectivity index (χ2n) is 4.25. The molecule has 2 rings (SSSR count). The molecule has 0 aliphatic rings. The molecular weight excluding hydrogens is 198 g/mol. The van der Waals surface area contributed by atoms with Crippen molar-refractivity contribution in [3.63, 3.8) is 0 Å². The number of hydrogen-bond donors (Lipinski definition) is 1. The van der Waals surface area contributed by atoms with Gasteiger partial charge in [0.05, 0.1) is 12.3 Å². The van der Waals surface area contributed by atoms with Crippen molar-refractivity contribution in [1.82, 2.24) is 0 Å². The summed E-state index contributed by atoms with van der Waals surface area (Å²) in [6.07, 6.45) is 1.69. The van der Waals surface area contributed by atoms with Crippen molar-refractivity contribution in [1.29, 1.82) is 0 Å². The first-order valence-electron chi connectivity index (χ1n) is 5.46. The minimum absolute atomic E-state index is 0.0990. The minimum atomic E-state index is -0.0990. The zero-order chi connectivity index (χ0) is 11.7. The molecule has 1 aromatic carbocycles. The Balaban J connectivity index is 2.38. The SMILES string of the molecule is Cc1ccc(C(N)c2ccoc2C)cc1C. The molecule has 0 fully saturated rings. The van der Waals surface area contributed by atoms with E-state index >= 15 is 0 Å². The lowest BCUT2D eigenvalue weighted by Gasteiger charge is -2.13. The summed E-state index contributed by atoms with van der Waals surface area (Å²) in [5, 5.41) is 0. The molecule has 0 aliphatic heterocycles. The average Bonchev–Trinajstić information content (AvgIpc) is 2.67. The summed E-state index contributed by atoms with van der Waals surface area (Å²) in [5.41, 5.74) is 11.0. The topological polar surface area (TPSA) is 39.2 Å². The molecule has 2 heteroatoms. The standard InChI is InChI=1S/C14H17NO/c1-9-4-5-12(8-10(9)2)14(15)13-6-7-16-11(13)3/h4-8,14H,15H2,1-3H3. The maximum absolute atomic E-state index is 6.22. The van der Waals surface area contributed by atoms with Gasteiger partial charge < -0.3 is 10.2 Å². The Labute approximate surface area is 96.1 Å². The molecule has 84 valence electrons. The molecule has 0 radical (unpaired) electrons. The highest BCUT2D eigenvalue weighted by Crippen LogP contribution is 2.24. The summed E-state index contributed by atoms with van der Waals surface area (Å²) in [7, 11) is 0. The van der Waals surface area contributed by atoms with E-state index < -0.39 is 0 Å². The van der Waals surface area contributed by atoms with Crippen LogP contribution in [0.5, 0.6) is 0 Å². The van der Waals surface area contributed by atoms with Crippen LogP contribution in [0, 0.1) is 20.8 Å². The van der Waals surface area contributed by atoms with Gasteiger partial charge >= 0.3 is 0 Å². The van der Waals surface area contributed by atoms with Gasteiger partial charge in [0.1, 0.15) is 5.76 Å². The largest absolute Gasteiger partial charge is 0.469 e. The molecule has 0 amide bonds. The predicted molar refractivity (Wildman–Crippen MR) is 65.4 cm³/mol. The Kier molecular flexibility index (Phi) is 2.84. The van der Waals surface area contributed by atoms with Crippen LogP contribution in [0.3, 0.4) is 0 Å². The van der Waals surface area contributed by atoms with Gasteiger partial charge in [0.15, 0.2) is 0 Å². The second kappa shape index (κ2) is 4.14. The van der Waals surface area contributed by atoms with E-state index in [1.54, 1.807) is 6.26 Å². The van der Waals surface area contributed by atoms with Gasteiger partial charge in [-0.15, -0.1) is 0 Å². The highest BCUT2D eigenvalue weighted by atomic mass is 16.3. The normalized spacial score (nSPS) is 12.8. The van der Waals surface area contributed by atoms with Crippen LogP contribution in [0.25, 0.3) is 0 Å². The summed E-state index contributed by atoms with van der Waals surface area (Å²) in [5.74, 6) is 0.894. The molecule has 1 atom stereocenters. The summed E-state index contributed by atoms with van der Waals surface area (Å²) in [4.78, 5) is 0. The number of furan rings is 1. The van der Waals surface area contributed by atoms with Gasteiger partial charge in [0.25, 0.3) is 0 Å². The molecule has 1 unspecified atom stereocenters. The van der Waals surface area contributed by atoms with Gasteiger partial charge in [0, 0.05) is 5.56 Å². The fourth-order valence-corrected chi connectivity index (χ4v) is 1.86. The highest BCUT2D eigenvalue weighted by molar-refractivity contribution is 5.37. The highest BCUT2D eigenvalue weighted by Gasteiger charge is 2.13. The number of nitrogens with two attached hydrogens (primary N) is 1. The van der Waals surface area contributed by atoms with E-state index in [1.165, 1.54) is 11.1 Å². The molecule has 16 heavy (non-hydrogen) atoms. The van der Waals surface area contributed by atoms with Crippen LogP contribution >= 0.6 is 0 Å². The smallest absolute Gasteiger partial charge is 0.105 e.